The van der Waals surface area contributed by atoms with Gasteiger partial charge in [-0.2, -0.15) is 0 Å². The highest BCUT2D eigenvalue weighted by Crippen LogP contribution is 2.31. The van der Waals surface area contributed by atoms with Gasteiger partial charge in [-0.1, -0.05) is 77.4 Å². The van der Waals surface area contributed by atoms with Crippen LogP contribution in [0.5, 0.6) is 0 Å². The summed E-state index contributed by atoms with van der Waals surface area (Å²) in [5, 5.41) is 20.0. The highest BCUT2D eigenvalue weighted by molar-refractivity contribution is 6.33. The summed E-state index contributed by atoms with van der Waals surface area (Å²) < 4.78 is 5.24. The van der Waals surface area contributed by atoms with E-state index in [1.165, 1.54) is 0 Å². The molecule has 3 aromatic carbocycles. The van der Waals surface area contributed by atoms with E-state index in [9.17, 15) is 9.90 Å². The number of carbonyl (C=O) groups is 1. The predicted molar refractivity (Wildman–Crippen MR) is 113 cm³/mol. The monoisotopic (exact) mass is 406 g/mol. The van der Waals surface area contributed by atoms with Crippen LogP contribution in [0, 0.1) is 6.92 Å². The minimum atomic E-state index is -0.853. The molecule has 1 unspecified atom stereocenters. The lowest BCUT2D eigenvalue weighted by molar-refractivity contribution is 0.0916. The van der Waals surface area contributed by atoms with E-state index < -0.39 is 6.10 Å². The number of rotatable bonds is 5. The first-order valence-electron chi connectivity index (χ1n) is 9.21. The molecule has 29 heavy (non-hydrogen) atoms. The van der Waals surface area contributed by atoms with Gasteiger partial charge in [0.1, 0.15) is 17.0 Å². The first-order chi connectivity index (χ1) is 14.1. The van der Waals surface area contributed by atoms with Gasteiger partial charge in [0, 0.05) is 12.1 Å². The number of carbonyl (C=O) groups excluding carboxylic acids is 1. The lowest BCUT2D eigenvalue weighted by atomic mass is 10.00. The topological polar surface area (TPSA) is 75.4 Å². The summed E-state index contributed by atoms with van der Waals surface area (Å²) in [5.41, 5.74) is 2.07. The van der Waals surface area contributed by atoms with Gasteiger partial charge in [0.25, 0.3) is 5.91 Å². The molecule has 146 valence electrons. The van der Waals surface area contributed by atoms with Crippen molar-refractivity contribution in [2.75, 3.05) is 6.54 Å². The molecule has 0 spiro atoms. The van der Waals surface area contributed by atoms with Crippen molar-refractivity contribution < 1.29 is 14.4 Å². The van der Waals surface area contributed by atoms with Gasteiger partial charge < -0.3 is 14.9 Å². The standard InChI is InChI=1S/C23H19ClN2O3/c1-14-21(22(26-29-14)18-10-4-5-12-19(18)24)23(28)25-13-20(27)17-11-6-8-15-7-2-3-9-16(15)17/h2-12,20,27H,13H2,1H3,(H,25,28). The zero-order chi connectivity index (χ0) is 20.4. The van der Waals surface area contributed by atoms with E-state index in [0.717, 1.165) is 16.3 Å². The summed E-state index contributed by atoms with van der Waals surface area (Å²) in [6, 6.07) is 20.7. The molecule has 2 N–H and O–H groups in total. The minimum Gasteiger partial charge on any atom is -0.387 e. The van der Waals surface area contributed by atoms with Gasteiger partial charge in [0.2, 0.25) is 0 Å². The van der Waals surface area contributed by atoms with Crippen molar-refractivity contribution in [3.63, 3.8) is 0 Å². The molecule has 0 bridgehead atoms. The molecule has 1 atom stereocenters. The van der Waals surface area contributed by atoms with Gasteiger partial charge in [-0.3, -0.25) is 4.79 Å². The van der Waals surface area contributed by atoms with Crippen molar-refractivity contribution in [1.29, 1.82) is 0 Å². The number of aliphatic hydroxyl groups excluding tert-OH is 1. The van der Waals surface area contributed by atoms with Crippen molar-refractivity contribution in [3.8, 4) is 11.3 Å². The Kier molecular flexibility index (Phi) is 5.34. The van der Waals surface area contributed by atoms with Gasteiger partial charge in [-0.25, -0.2) is 0 Å². The number of nitrogens with zero attached hydrogens (tertiary/aromatic N) is 1. The number of hydrogen-bond donors (Lipinski definition) is 2. The molecule has 0 saturated carbocycles. The first-order valence-corrected chi connectivity index (χ1v) is 9.59. The van der Waals surface area contributed by atoms with Gasteiger partial charge in [0.15, 0.2) is 0 Å². The van der Waals surface area contributed by atoms with Crippen molar-refractivity contribution in [3.05, 3.63) is 88.6 Å². The third-order valence-electron chi connectivity index (χ3n) is 4.86. The smallest absolute Gasteiger partial charge is 0.257 e. The zero-order valence-corrected chi connectivity index (χ0v) is 16.5. The Morgan fingerprint density at radius 1 is 1.10 bits per heavy atom. The maximum Gasteiger partial charge on any atom is 0.257 e. The molecule has 0 aliphatic carbocycles. The molecule has 0 aliphatic rings. The second-order valence-corrected chi connectivity index (χ2v) is 7.14. The van der Waals surface area contributed by atoms with E-state index in [4.69, 9.17) is 16.1 Å². The highest BCUT2D eigenvalue weighted by Gasteiger charge is 2.23. The van der Waals surface area contributed by atoms with Crippen LogP contribution < -0.4 is 5.32 Å². The first kappa shape index (κ1) is 19.2. The molecule has 5 nitrogen and oxygen atoms in total. The fraction of sp³-hybridized carbons (Fsp3) is 0.130. The SMILES string of the molecule is Cc1onc(-c2ccccc2Cl)c1C(=O)NCC(O)c1cccc2ccccc12. The van der Waals surface area contributed by atoms with E-state index in [1.54, 1.807) is 25.1 Å². The zero-order valence-electron chi connectivity index (χ0n) is 15.7. The number of amides is 1. The summed E-state index contributed by atoms with van der Waals surface area (Å²) in [5.74, 6) is 0.00928. The molecular weight excluding hydrogens is 388 g/mol. The van der Waals surface area contributed by atoms with Gasteiger partial charge in [-0.15, -0.1) is 0 Å². The summed E-state index contributed by atoms with van der Waals surface area (Å²) in [6.45, 7) is 1.73. The van der Waals surface area contributed by atoms with Crippen molar-refractivity contribution >= 4 is 28.3 Å². The number of nitrogens with one attached hydrogen (secondary N) is 1. The van der Waals surface area contributed by atoms with Crippen LogP contribution >= 0.6 is 11.6 Å². The Bertz CT molecular complexity index is 1180. The van der Waals surface area contributed by atoms with E-state index in [2.05, 4.69) is 10.5 Å². The predicted octanol–water partition coefficient (Wildman–Crippen LogP) is 4.92. The normalized spacial score (nSPS) is 12.1. The Labute approximate surface area is 172 Å². The van der Waals surface area contributed by atoms with Crippen LogP contribution in [-0.4, -0.2) is 22.7 Å². The van der Waals surface area contributed by atoms with Crippen LogP contribution in [0.25, 0.3) is 22.0 Å². The summed E-state index contributed by atoms with van der Waals surface area (Å²) >= 11 is 6.25. The quantitative estimate of drug-likeness (QED) is 0.493. The van der Waals surface area contributed by atoms with Crippen LogP contribution in [0.4, 0.5) is 0 Å². The van der Waals surface area contributed by atoms with Crippen LogP contribution in [-0.2, 0) is 0 Å². The molecule has 0 radical (unpaired) electrons. The van der Waals surface area contributed by atoms with E-state index in [1.807, 2.05) is 48.5 Å². The van der Waals surface area contributed by atoms with Crippen molar-refractivity contribution in [2.45, 2.75) is 13.0 Å². The maximum atomic E-state index is 12.9. The summed E-state index contributed by atoms with van der Waals surface area (Å²) in [4.78, 5) is 12.9. The molecule has 6 heteroatoms. The Hall–Kier alpha value is -3.15. The number of benzene rings is 3. The summed E-state index contributed by atoms with van der Waals surface area (Å²) in [6.07, 6.45) is -0.853. The summed E-state index contributed by atoms with van der Waals surface area (Å²) in [7, 11) is 0. The molecule has 1 amide bonds. The van der Waals surface area contributed by atoms with Crippen molar-refractivity contribution in [1.82, 2.24) is 10.5 Å². The molecule has 0 fully saturated rings. The highest BCUT2D eigenvalue weighted by atomic mass is 35.5. The third-order valence-corrected chi connectivity index (χ3v) is 5.19. The Morgan fingerprint density at radius 3 is 2.66 bits per heavy atom. The molecule has 0 aliphatic heterocycles. The molecule has 1 aromatic heterocycles. The second-order valence-electron chi connectivity index (χ2n) is 6.74. The lowest BCUT2D eigenvalue weighted by Gasteiger charge is -2.15. The van der Waals surface area contributed by atoms with Crippen LogP contribution in [0.3, 0.4) is 0 Å². The largest absolute Gasteiger partial charge is 0.387 e. The van der Waals surface area contributed by atoms with Crippen LogP contribution in [0.15, 0.2) is 71.3 Å². The Morgan fingerprint density at radius 2 is 1.83 bits per heavy atom. The number of halogens is 1. The number of aryl methyl sites for hydroxylation is 1. The molecular formula is C23H19ClN2O3. The average molecular weight is 407 g/mol. The van der Waals surface area contributed by atoms with Gasteiger partial charge in [0.05, 0.1) is 11.1 Å². The molecule has 1 heterocycles. The minimum absolute atomic E-state index is 0.0550. The van der Waals surface area contributed by atoms with Gasteiger partial charge in [-0.05, 0) is 29.3 Å². The van der Waals surface area contributed by atoms with E-state index in [0.29, 0.717) is 27.6 Å². The number of aromatic nitrogens is 1. The van der Waals surface area contributed by atoms with E-state index in [-0.39, 0.29) is 12.5 Å². The van der Waals surface area contributed by atoms with Crippen LogP contribution in [0.1, 0.15) is 27.8 Å². The van der Waals surface area contributed by atoms with Crippen LogP contribution in [0.2, 0.25) is 5.02 Å². The fourth-order valence-corrected chi connectivity index (χ4v) is 3.63. The third kappa shape index (κ3) is 3.75. The number of aliphatic hydroxyl groups is 1. The van der Waals surface area contributed by atoms with Crippen molar-refractivity contribution in [2.24, 2.45) is 0 Å². The molecule has 4 rings (SSSR count). The van der Waals surface area contributed by atoms with Gasteiger partial charge >= 0.3 is 0 Å². The average Bonchev–Trinajstić information content (AvgIpc) is 3.13. The Balaban J connectivity index is 1.57. The van der Waals surface area contributed by atoms with E-state index >= 15 is 0 Å². The molecule has 0 saturated heterocycles. The fourth-order valence-electron chi connectivity index (χ4n) is 3.41. The number of fused-ring (bicyclic) bond motifs is 1. The number of hydrogen-bond acceptors (Lipinski definition) is 4. The lowest BCUT2D eigenvalue weighted by Crippen LogP contribution is -2.29. The molecule has 4 aromatic rings. The second kappa shape index (κ2) is 8.07. The maximum absolute atomic E-state index is 12.9.